The molecule has 13 heavy (non-hydrogen) atoms. The van der Waals surface area contributed by atoms with E-state index in [4.69, 9.17) is 0 Å². The van der Waals surface area contributed by atoms with Gasteiger partial charge in [0, 0.05) is 0 Å². The molecule has 0 heteroatoms. The smallest absolute Gasteiger partial charge is 0.00901 e. The zero-order valence-electron chi connectivity index (χ0n) is 7.84. The highest BCUT2D eigenvalue weighted by Crippen LogP contribution is 2.43. The molecule has 0 aromatic heterocycles. The normalized spacial score (nSPS) is 25.2. The second-order valence-electron chi connectivity index (χ2n) is 4.10. The van der Waals surface area contributed by atoms with E-state index in [2.05, 4.69) is 24.3 Å². The first-order valence-corrected chi connectivity index (χ1v) is 5.17. The fourth-order valence-electron chi connectivity index (χ4n) is 2.68. The van der Waals surface area contributed by atoms with Crippen LogP contribution in [0.2, 0.25) is 0 Å². The standard InChI is InChI=1S/C13H14/c1-3-7-12-10(5-1)9-11-6-2-4-8-13(11)12/h1-4H,5-9H2. The van der Waals surface area contributed by atoms with Crippen LogP contribution >= 0.6 is 0 Å². The van der Waals surface area contributed by atoms with Crippen molar-refractivity contribution in [1.82, 2.24) is 0 Å². The third kappa shape index (κ3) is 1.05. The number of fused-ring (bicyclic) bond motifs is 1. The van der Waals surface area contributed by atoms with Crippen LogP contribution in [-0.4, -0.2) is 0 Å². The number of hydrogen-bond acceptors (Lipinski definition) is 0. The topological polar surface area (TPSA) is 0 Å². The predicted molar refractivity (Wildman–Crippen MR) is 55.4 cm³/mol. The van der Waals surface area contributed by atoms with Crippen LogP contribution in [0.4, 0.5) is 0 Å². The van der Waals surface area contributed by atoms with Gasteiger partial charge in [-0.3, -0.25) is 0 Å². The van der Waals surface area contributed by atoms with Gasteiger partial charge in [-0.05, 0) is 43.3 Å². The van der Waals surface area contributed by atoms with E-state index in [-0.39, 0.29) is 0 Å². The van der Waals surface area contributed by atoms with Gasteiger partial charge in [0.15, 0.2) is 0 Å². The van der Waals surface area contributed by atoms with E-state index in [9.17, 15) is 0 Å². The first kappa shape index (κ1) is 7.37. The Kier molecular flexibility index (Phi) is 1.55. The van der Waals surface area contributed by atoms with Crippen molar-refractivity contribution in [2.75, 3.05) is 0 Å². The zero-order chi connectivity index (χ0) is 8.67. The molecule has 3 aliphatic carbocycles. The Morgan fingerprint density at radius 2 is 1.08 bits per heavy atom. The van der Waals surface area contributed by atoms with Gasteiger partial charge in [0.25, 0.3) is 0 Å². The maximum absolute atomic E-state index is 2.33. The van der Waals surface area contributed by atoms with Crippen molar-refractivity contribution in [3.05, 3.63) is 46.6 Å². The Hall–Kier alpha value is -1.04. The van der Waals surface area contributed by atoms with Crippen molar-refractivity contribution in [2.24, 2.45) is 0 Å². The van der Waals surface area contributed by atoms with Gasteiger partial charge in [0.2, 0.25) is 0 Å². The molecule has 0 aromatic rings. The molecule has 0 saturated heterocycles. The summed E-state index contributed by atoms with van der Waals surface area (Å²) in [6, 6.07) is 0. The SMILES string of the molecule is C1=CCC2=C(C1)CC1=C2CC=CC1. The molecule has 66 valence electrons. The zero-order valence-corrected chi connectivity index (χ0v) is 7.84. The van der Waals surface area contributed by atoms with E-state index in [1.54, 1.807) is 22.3 Å². The second kappa shape index (κ2) is 2.73. The summed E-state index contributed by atoms with van der Waals surface area (Å²) in [7, 11) is 0. The highest BCUT2D eigenvalue weighted by Gasteiger charge is 2.23. The lowest BCUT2D eigenvalue weighted by molar-refractivity contribution is 0.995. The lowest BCUT2D eigenvalue weighted by Gasteiger charge is -2.13. The maximum Gasteiger partial charge on any atom is -0.00901 e. The molecule has 0 radical (unpaired) electrons. The van der Waals surface area contributed by atoms with E-state index >= 15 is 0 Å². The van der Waals surface area contributed by atoms with Crippen LogP contribution in [0.15, 0.2) is 46.6 Å². The summed E-state index contributed by atoms with van der Waals surface area (Å²) in [4.78, 5) is 0. The lowest BCUT2D eigenvalue weighted by Crippen LogP contribution is -1.93. The monoisotopic (exact) mass is 170 g/mol. The van der Waals surface area contributed by atoms with Crippen molar-refractivity contribution >= 4 is 0 Å². The molecular formula is C13H14. The average molecular weight is 170 g/mol. The van der Waals surface area contributed by atoms with Crippen LogP contribution < -0.4 is 0 Å². The van der Waals surface area contributed by atoms with E-state index < -0.39 is 0 Å². The van der Waals surface area contributed by atoms with Crippen molar-refractivity contribution in [3.8, 4) is 0 Å². The molecule has 0 bridgehead atoms. The van der Waals surface area contributed by atoms with Gasteiger partial charge >= 0.3 is 0 Å². The van der Waals surface area contributed by atoms with Crippen molar-refractivity contribution in [2.45, 2.75) is 32.1 Å². The van der Waals surface area contributed by atoms with Crippen LogP contribution in [0.5, 0.6) is 0 Å². The van der Waals surface area contributed by atoms with Crippen molar-refractivity contribution in [1.29, 1.82) is 0 Å². The van der Waals surface area contributed by atoms with Gasteiger partial charge in [0.05, 0.1) is 0 Å². The van der Waals surface area contributed by atoms with E-state index in [1.165, 1.54) is 32.1 Å². The molecule has 0 nitrogen and oxygen atoms in total. The van der Waals surface area contributed by atoms with E-state index in [0.717, 1.165) is 0 Å². The first-order valence-electron chi connectivity index (χ1n) is 5.17. The Labute approximate surface area is 79.3 Å². The summed E-state index contributed by atoms with van der Waals surface area (Å²) in [6.07, 6.45) is 15.4. The molecule has 0 unspecified atom stereocenters. The molecule has 0 N–H and O–H groups in total. The number of hydrogen-bond donors (Lipinski definition) is 0. The molecule has 0 aliphatic heterocycles. The van der Waals surface area contributed by atoms with Crippen molar-refractivity contribution < 1.29 is 0 Å². The molecule has 0 saturated carbocycles. The first-order chi connectivity index (χ1) is 6.45. The number of allylic oxidation sites excluding steroid dienone is 8. The Balaban J connectivity index is 1.97. The summed E-state index contributed by atoms with van der Waals surface area (Å²) in [5, 5.41) is 0. The Morgan fingerprint density at radius 3 is 1.62 bits per heavy atom. The van der Waals surface area contributed by atoms with Crippen LogP contribution in [0, 0.1) is 0 Å². The van der Waals surface area contributed by atoms with Crippen molar-refractivity contribution in [3.63, 3.8) is 0 Å². The van der Waals surface area contributed by atoms with Crippen LogP contribution in [0.25, 0.3) is 0 Å². The van der Waals surface area contributed by atoms with Gasteiger partial charge in [-0.2, -0.15) is 0 Å². The van der Waals surface area contributed by atoms with Gasteiger partial charge in [-0.1, -0.05) is 35.5 Å². The highest BCUT2D eigenvalue weighted by atomic mass is 14.3. The fourth-order valence-corrected chi connectivity index (χ4v) is 2.68. The predicted octanol–water partition coefficient (Wildman–Crippen LogP) is 3.68. The van der Waals surface area contributed by atoms with Crippen LogP contribution in [-0.2, 0) is 0 Å². The summed E-state index contributed by atoms with van der Waals surface area (Å²) in [5.41, 5.74) is 6.77. The van der Waals surface area contributed by atoms with Gasteiger partial charge in [-0.25, -0.2) is 0 Å². The third-order valence-electron chi connectivity index (χ3n) is 3.35. The van der Waals surface area contributed by atoms with E-state index in [0.29, 0.717) is 0 Å². The summed E-state index contributed by atoms with van der Waals surface area (Å²) in [6.45, 7) is 0. The molecule has 0 atom stereocenters. The molecule has 0 amide bonds. The number of rotatable bonds is 0. The molecule has 0 fully saturated rings. The van der Waals surface area contributed by atoms with Crippen LogP contribution in [0.3, 0.4) is 0 Å². The summed E-state index contributed by atoms with van der Waals surface area (Å²) < 4.78 is 0. The van der Waals surface area contributed by atoms with E-state index in [1.807, 2.05) is 0 Å². The minimum absolute atomic E-state index is 1.20. The molecule has 3 aliphatic rings. The second-order valence-corrected chi connectivity index (χ2v) is 4.10. The summed E-state index contributed by atoms with van der Waals surface area (Å²) >= 11 is 0. The molecule has 3 rings (SSSR count). The molecule has 0 aromatic carbocycles. The molecule has 0 spiro atoms. The average Bonchev–Trinajstić information content (AvgIpc) is 2.56. The quantitative estimate of drug-likeness (QED) is 0.486. The molecule has 0 heterocycles. The minimum atomic E-state index is 1.20. The fraction of sp³-hybridized carbons (Fsp3) is 0.385. The third-order valence-corrected chi connectivity index (χ3v) is 3.35. The maximum atomic E-state index is 2.33. The van der Waals surface area contributed by atoms with Gasteiger partial charge in [0.1, 0.15) is 0 Å². The minimum Gasteiger partial charge on any atom is -0.0841 e. The van der Waals surface area contributed by atoms with Gasteiger partial charge in [-0.15, -0.1) is 0 Å². The summed E-state index contributed by atoms with van der Waals surface area (Å²) in [5.74, 6) is 0. The Morgan fingerprint density at radius 1 is 0.615 bits per heavy atom. The largest absolute Gasteiger partial charge is 0.0841 e. The highest BCUT2D eigenvalue weighted by molar-refractivity contribution is 5.52. The van der Waals surface area contributed by atoms with Crippen LogP contribution in [0.1, 0.15) is 32.1 Å². The lowest BCUT2D eigenvalue weighted by atomic mass is 9.93. The van der Waals surface area contributed by atoms with Gasteiger partial charge < -0.3 is 0 Å². The molecular weight excluding hydrogens is 156 g/mol. The Bertz CT molecular complexity index is 325.